The quantitative estimate of drug-likeness (QED) is 0.792. The van der Waals surface area contributed by atoms with Crippen LogP contribution in [0.25, 0.3) is 0 Å². The Balaban J connectivity index is 1.88. The highest BCUT2D eigenvalue weighted by Gasteiger charge is 2.41. The summed E-state index contributed by atoms with van der Waals surface area (Å²) in [5.74, 6) is 0.776. The molecule has 0 amide bonds. The van der Waals surface area contributed by atoms with E-state index in [0.717, 1.165) is 12.5 Å². The summed E-state index contributed by atoms with van der Waals surface area (Å²) in [7, 11) is -6.09. The fourth-order valence-electron chi connectivity index (χ4n) is 2.83. The van der Waals surface area contributed by atoms with Gasteiger partial charge in [0.2, 0.25) is 0 Å². The van der Waals surface area contributed by atoms with Crippen molar-refractivity contribution in [3.63, 3.8) is 0 Å². The van der Waals surface area contributed by atoms with Crippen LogP contribution in [0.5, 0.6) is 0 Å². The highest BCUT2D eigenvalue weighted by Crippen LogP contribution is 2.23. The van der Waals surface area contributed by atoms with Crippen molar-refractivity contribution in [3.8, 4) is 0 Å². The lowest BCUT2D eigenvalue weighted by molar-refractivity contribution is 0.258. The van der Waals surface area contributed by atoms with Gasteiger partial charge in [-0.1, -0.05) is 19.3 Å². The zero-order valence-corrected chi connectivity index (χ0v) is 17.0. The van der Waals surface area contributed by atoms with Crippen LogP contribution in [-0.4, -0.2) is 43.1 Å². The second-order valence-electron chi connectivity index (χ2n) is 5.71. The van der Waals surface area contributed by atoms with Crippen molar-refractivity contribution in [1.29, 1.82) is 0 Å². The molecule has 9 heteroatoms. The van der Waals surface area contributed by atoms with Crippen molar-refractivity contribution in [1.82, 2.24) is 4.98 Å². The number of hydrogen-bond donors (Lipinski definition) is 1. The van der Waals surface area contributed by atoms with E-state index in [1.54, 1.807) is 0 Å². The number of hydrogen-bond acceptors (Lipinski definition) is 5. The van der Waals surface area contributed by atoms with Gasteiger partial charge in [0.25, 0.3) is 0 Å². The first-order chi connectivity index (χ1) is 9.47. The van der Waals surface area contributed by atoms with Crippen molar-refractivity contribution in [2.75, 3.05) is 6.54 Å². The van der Waals surface area contributed by atoms with E-state index in [2.05, 4.69) is 11.5 Å². The monoisotopic (exact) mass is 348 g/mol. The summed E-state index contributed by atoms with van der Waals surface area (Å²) in [5.41, 5.74) is 0. The molecule has 0 atom stereocenters. The van der Waals surface area contributed by atoms with Gasteiger partial charge in [-0.05, 0) is 51.5 Å². The maximum atomic E-state index is 6.17. The van der Waals surface area contributed by atoms with Crippen LogP contribution in [-0.2, 0) is 16.5 Å². The lowest BCUT2D eigenvalue weighted by Crippen LogP contribution is -2.62. The summed E-state index contributed by atoms with van der Waals surface area (Å²) >= 11 is 0. The van der Waals surface area contributed by atoms with Gasteiger partial charge >= 0.3 is 36.6 Å². The molecule has 115 valence electrons. The Bertz CT molecular complexity index is 292. The molecule has 0 bridgehead atoms. The molecule has 3 radical (unpaired) electrons. The summed E-state index contributed by atoms with van der Waals surface area (Å²) in [4.78, 5) is 3.61. The highest BCUT2D eigenvalue weighted by atomic mass is 28.5. The van der Waals surface area contributed by atoms with E-state index < -0.39 is 36.6 Å². The van der Waals surface area contributed by atoms with Crippen LogP contribution in [0.3, 0.4) is 0 Å². The normalized spacial score (nSPS) is 28.2. The van der Waals surface area contributed by atoms with Crippen LogP contribution >= 0.6 is 0 Å². The zero-order chi connectivity index (χ0) is 14.6. The standard InChI is InChI=1S/C11H26NO4Si4/c1-17-13-18(2)15-20(4,16-19(3)14-17)12-10-11-8-6-5-7-9-11/h11-12H,5-10H2,1-4H3. The van der Waals surface area contributed by atoms with E-state index in [9.17, 15) is 0 Å². The second-order valence-corrected chi connectivity index (χ2v) is 14.2. The average Bonchev–Trinajstić information content (AvgIpc) is 2.35. The molecular weight excluding hydrogens is 322 g/mol. The first-order valence-corrected chi connectivity index (χ1v) is 15.2. The first kappa shape index (κ1) is 17.0. The fraction of sp³-hybridized carbons (Fsp3) is 1.00. The lowest BCUT2D eigenvalue weighted by atomic mass is 9.90. The number of rotatable bonds is 3. The van der Waals surface area contributed by atoms with E-state index in [4.69, 9.17) is 16.5 Å². The third kappa shape index (κ3) is 5.46. The van der Waals surface area contributed by atoms with Crippen molar-refractivity contribution < 1.29 is 16.5 Å². The van der Waals surface area contributed by atoms with Gasteiger partial charge in [-0.2, -0.15) is 0 Å². The number of nitrogens with one attached hydrogen (secondary N) is 1. The fourth-order valence-corrected chi connectivity index (χ4v) is 13.9. The minimum absolute atomic E-state index is 0.776. The molecule has 2 aliphatic rings. The van der Waals surface area contributed by atoms with Crippen LogP contribution < -0.4 is 4.98 Å². The molecule has 1 aliphatic heterocycles. The van der Waals surface area contributed by atoms with Gasteiger partial charge < -0.3 is 16.5 Å². The maximum absolute atomic E-state index is 6.17. The van der Waals surface area contributed by atoms with Crippen LogP contribution in [0.1, 0.15) is 32.1 Å². The Morgan fingerprint density at radius 1 is 0.950 bits per heavy atom. The van der Waals surface area contributed by atoms with Crippen molar-refractivity contribution >= 4 is 36.6 Å². The topological polar surface area (TPSA) is 49.0 Å². The maximum Gasteiger partial charge on any atom is 0.403 e. The van der Waals surface area contributed by atoms with Crippen LogP contribution in [0.4, 0.5) is 0 Å². The van der Waals surface area contributed by atoms with Crippen molar-refractivity contribution in [3.05, 3.63) is 0 Å². The molecule has 0 aromatic heterocycles. The molecular formula is C11H26NO4Si4. The van der Waals surface area contributed by atoms with Gasteiger partial charge in [0.1, 0.15) is 0 Å². The minimum atomic E-state index is -2.35. The van der Waals surface area contributed by atoms with Gasteiger partial charge in [-0.25, -0.2) is 0 Å². The van der Waals surface area contributed by atoms with Gasteiger partial charge in [-0.15, -0.1) is 0 Å². The molecule has 1 N–H and O–H groups in total. The molecule has 0 spiro atoms. The Hall–Kier alpha value is 0.668. The third-order valence-electron chi connectivity index (χ3n) is 3.69. The summed E-state index contributed by atoms with van der Waals surface area (Å²) in [5, 5.41) is 0. The molecule has 1 saturated heterocycles. The smallest absolute Gasteiger partial charge is 0.403 e. The second kappa shape index (κ2) is 7.79. The molecule has 20 heavy (non-hydrogen) atoms. The predicted octanol–water partition coefficient (Wildman–Crippen LogP) is 2.16. The van der Waals surface area contributed by atoms with E-state index in [1.807, 2.05) is 19.6 Å². The Morgan fingerprint density at radius 3 is 2.05 bits per heavy atom. The van der Waals surface area contributed by atoms with Gasteiger partial charge in [0.15, 0.2) is 0 Å². The molecule has 0 aromatic carbocycles. The Labute approximate surface area is 129 Å². The van der Waals surface area contributed by atoms with E-state index in [0.29, 0.717) is 0 Å². The molecule has 2 rings (SSSR count). The summed E-state index contributed by atoms with van der Waals surface area (Å²) in [6.07, 6.45) is 6.80. The van der Waals surface area contributed by atoms with Crippen molar-refractivity contribution in [2.45, 2.75) is 58.3 Å². The van der Waals surface area contributed by atoms with E-state index >= 15 is 0 Å². The summed E-state index contributed by atoms with van der Waals surface area (Å²) in [6, 6.07) is 0. The molecule has 1 saturated carbocycles. The molecule has 2 fully saturated rings. The van der Waals surface area contributed by atoms with Gasteiger partial charge in [0.05, 0.1) is 0 Å². The Morgan fingerprint density at radius 2 is 1.50 bits per heavy atom. The van der Waals surface area contributed by atoms with Gasteiger partial charge in [-0.3, -0.25) is 4.98 Å². The largest absolute Gasteiger partial charge is 0.414 e. The summed E-state index contributed by atoms with van der Waals surface area (Å²) < 4.78 is 24.0. The summed E-state index contributed by atoms with van der Waals surface area (Å²) in [6.45, 7) is 9.19. The Kier molecular flexibility index (Phi) is 6.63. The van der Waals surface area contributed by atoms with Crippen LogP contribution in [0.15, 0.2) is 0 Å². The lowest BCUT2D eigenvalue weighted by Gasteiger charge is -2.36. The molecule has 0 unspecified atom stereocenters. The first-order valence-electron chi connectivity index (χ1n) is 7.46. The van der Waals surface area contributed by atoms with E-state index in [-0.39, 0.29) is 0 Å². The van der Waals surface area contributed by atoms with E-state index in [1.165, 1.54) is 32.1 Å². The molecule has 1 aliphatic carbocycles. The van der Waals surface area contributed by atoms with Crippen LogP contribution in [0.2, 0.25) is 26.2 Å². The molecule has 1 heterocycles. The predicted molar refractivity (Wildman–Crippen MR) is 85.4 cm³/mol. The van der Waals surface area contributed by atoms with Crippen molar-refractivity contribution in [2.24, 2.45) is 5.92 Å². The van der Waals surface area contributed by atoms with Crippen LogP contribution in [0, 0.1) is 5.92 Å². The molecule has 5 nitrogen and oxygen atoms in total. The SMILES string of the molecule is C[Si]1O[Si](C)O[Si](C)(NCC2CCCCC2)O[Si](C)O1. The molecule has 0 aromatic rings. The third-order valence-corrected chi connectivity index (χ3v) is 14.5. The zero-order valence-electron chi connectivity index (χ0n) is 13.0. The minimum Gasteiger partial charge on any atom is -0.414 e. The average molecular weight is 349 g/mol. The highest BCUT2D eigenvalue weighted by molar-refractivity contribution is 6.79. The van der Waals surface area contributed by atoms with Gasteiger partial charge in [0, 0.05) is 0 Å².